The highest BCUT2D eigenvalue weighted by Crippen LogP contribution is 2.39. The van der Waals surface area contributed by atoms with Crippen molar-refractivity contribution in [3.63, 3.8) is 0 Å². The van der Waals surface area contributed by atoms with Crippen molar-refractivity contribution >= 4 is 30.3 Å². The molecule has 1 fully saturated rings. The maximum absolute atomic E-state index is 12.2. The summed E-state index contributed by atoms with van der Waals surface area (Å²) in [7, 11) is 7.84. The fraction of sp³-hybridized carbons (Fsp3) is 0.333. The van der Waals surface area contributed by atoms with Gasteiger partial charge in [-0.05, 0) is 23.8 Å². The summed E-state index contributed by atoms with van der Waals surface area (Å²) in [5.41, 5.74) is 1.12. The van der Waals surface area contributed by atoms with Gasteiger partial charge in [0.1, 0.15) is 5.70 Å². The Bertz CT molecular complexity index is 635. The van der Waals surface area contributed by atoms with Gasteiger partial charge in [0, 0.05) is 14.1 Å². The van der Waals surface area contributed by atoms with Crippen LogP contribution in [0.25, 0.3) is 6.08 Å². The number of amides is 1. The fourth-order valence-electron chi connectivity index (χ4n) is 2.25. The third kappa shape index (κ3) is 3.19. The number of methoxy groups -OCH3 is 3. The molecule has 0 spiro atoms. The minimum atomic E-state index is -0.235. The number of guanidine groups is 1. The Morgan fingerprint density at radius 2 is 1.52 bits per heavy atom. The molecule has 0 unspecified atom stereocenters. The van der Waals surface area contributed by atoms with Crippen LogP contribution in [0.2, 0.25) is 0 Å². The molecular weight excluding hydrogens is 322 g/mol. The molecule has 1 heterocycles. The van der Waals surface area contributed by atoms with Gasteiger partial charge < -0.3 is 19.1 Å². The summed E-state index contributed by atoms with van der Waals surface area (Å²) in [6.07, 6.45) is 1.69. The van der Waals surface area contributed by atoms with E-state index in [0.717, 1.165) is 0 Å². The summed E-state index contributed by atoms with van der Waals surface area (Å²) in [5.74, 6) is 1.39. The van der Waals surface area contributed by atoms with Crippen LogP contribution in [0.15, 0.2) is 17.8 Å². The topological polar surface area (TPSA) is 75.1 Å². The molecule has 1 N–H and O–H groups in total. The van der Waals surface area contributed by atoms with Gasteiger partial charge in [0.15, 0.2) is 11.5 Å². The third-order valence-electron chi connectivity index (χ3n) is 3.51. The van der Waals surface area contributed by atoms with Crippen molar-refractivity contribution in [1.29, 1.82) is 5.41 Å². The minimum absolute atomic E-state index is 0. The number of rotatable bonds is 4. The molecule has 126 valence electrons. The van der Waals surface area contributed by atoms with E-state index in [4.69, 9.17) is 19.6 Å². The summed E-state index contributed by atoms with van der Waals surface area (Å²) in [5, 5.41) is 7.83. The highest BCUT2D eigenvalue weighted by molar-refractivity contribution is 6.14. The second-order valence-corrected chi connectivity index (χ2v) is 4.74. The predicted octanol–water partition coefficient (Wildman–Crippen LogP) is 1.81. The number of carbonyl (C=O) groups is 1. The quantitative estimate of drug-likeness (QED) is 0.845. The van der Waals surface area contributed by atoms with Crippen LogP contribution < -0.4 is 14.2 Å². The van der Waals surface area contributed by atoms with E-state index >= 15 is 0 Å². The van der Waals surface area contributed by atoms with Gasteiger partial charge in [0.2, 0.25) is 11.7 Å². The van der Waals surface area contributed by atoms with Gasteiger partial charge in [-0.2, -0.15) is 0 Å². The third-order valence-corrected chi connectivity index (χ3v) is 3.51. The molecule has 0 atom stereocenters. The zero-order valence-electron chi connectivity index (χ0n) is 13.7. The Morgan fingerprint density at radius 3 is 1.87 bits per heavy atom. The molecule has 23 heavy (non-hydrogen) atoms. The first-order valence-electron chi connectivity index (χ1n) is 6.56. The predicted molar refractivity (Wildman–Crippen MR) is 89.6 cm³/mol. The van der Waals surface area contributed by atoms with Crippen molar-refractivity contribution in [1.82, 2.24) is 9.80 Å². The van der Waals surface area contributed by atoms with E-state index in [1.807, 2.05) is 0 Å². The van der Waals surface area contributed by atoms with E-state index in [2.05, 4.69) is 0 Å². The van der Waals surface area contributed by atoms with Gasteiger partial charge in [-0.3, -0.25) is 15.1 Å². The Balaban J connectivity index is 0.00000264. The van der Waals surface area contributed by atoms with E-state index in [-0.39, 0.29) is 24.3 Å². The van der Waals surface area contributed by atoms with E-state index < -0.39 is 0 Å². The summed E-state index contributed by atoms with van der Waals surface area (Å²) < 4.78 is 15.9. The molecule has 8 heteroatoms. The van der Waals surface area contributed by atoms with Crippen molar-refractivity contribution in [2.24, 2.45) is 0 Å². The maximum atomic E-state index is 12.2. The lowest BCUT2D eigenvalue weighted by atomic mass is 10.1. The summed E-state index contributed by atoms with van der Waals surface area (Å²) in [6.45, 7) is 0. The Hall–Kier alpha value is -2.41. The number of nitrogens with one attached hydrogen (secondary N) is 1. The number of nitrogens with zero attached hydrogens (tertiary/aromatic N) is 2. The first kappa shape index (κ1) is 18.6. The van der Waals surface area contributed by atoms with Crippen molar-refractivity contribution in [2.45, 2.75) is 0 Å². The molecule has 2 rings (SSSR count). The number of carbonyl (C=O) groups excluding carboxylic acids is 1. The standard InChI is InChI=1S/C15H19N3O4.ClH/c1-17-10(14(19)18(2)15(17)16)6-9-7-11(20-3)13(22-5)12(8-9)21-4;/h6-8,16H,1-5H3;1H/b10-6+,16-15?;. The number of hydrogen-bond acceptors (Lipinski definition) is 5. The molecule has 1 aromatic rings. The molecule has 0 aliphatic carbocycles. The average Bonchev–Trinajstić information content (AvgIpc) is 2.71. The summed E-state index contributed by atoms with van der Waals surface area (Å²) in [4.78, 5) is 15.0. The normalized spacial score (nSPS) is 15.8. The van der Waals surface area contributed by atoms with Gasteiger partial charge in [0.05, 0.1) is 21.3 Å². The van der Waals surface area contributed by atoms with Gasteiger partial charge in [-0.1, -0.05) is 0 Å². The van der Waals surface area contributed by atoms with Gasteiger partial charge in [-0.15, -0.1) is 12.4 Å². The fourth-order valence-corrected chi connectivity index (χ4v) is 2.25. The lowest BCUT2D eigenvalue weighted by Gasteiger charge is -2.14. The van der Waals surface area contributed by atoms with Gasteiger partial charge in [0.25, 0.3) is 5.91 Å². The van der Waals surface area contributed by atoms with Crippen LogP contribution in [0, 0.1) is 5.41 Å². The van der Waals surface area contributed by atoms with E-state index in [0.29, 0.717) is 28.5 Å². The number of halogens is 1. The first-order valence-corrected chi connectivity index (χ1v) is 6.56. The lowest BCUT2D eigenvalue weighted by Crippen LogP contribution is -2.27. The second-order valence-electron chi connectivity index (χ2n) is 4.74. The molecule has 7 nitrogen and oxygen atoms in total. The molecule has 1 amide bonds. The summed E-state index contributed by atoms with van der Waals surface area (Å²) >= 11 is 0. The summed E-state index contributed by atoms with van der Waals surface area (Å²) in [6, 6.07) is 3.49. The Kier molecular flexibility index (Phi) is 5.86. The average molecular weight is 342 g/mol. The Labute approximate surface area is 141 Å². The zero-order valence-corrected chi connectivity index (χ0v) is 14.5. The molecule has 0 saturated carbocycles. The number of benzene rings is 1. The molecule has 1 saturated heterocycles. The molecule has 0 bridgehead atoms. The van der Waals surface area contributed by atoms with Crippen LogP contribution in [0.1, 0.15) is 5.56 Å². The second kappa shape index (κ2) is 7.23. The number of ether oxygens (including phenoxy) is 3. The Morgan fingerprint density at radius 1 is 1.00 bits per heavy atom. The molecular formula is C15H20ClN3O4. The van der Waals surface area contributed by atoms with Crippen molar-refractivity contribution in [2.75, 3.05) is 35.4 Å². The van der Waals surface area contributed by atoms with E-state index in [1.54, 1.807) is 32.3 Å². The van der Waals surface area contributed by atoms with E-state index in [9.17, 15) is 4.79 Å². The van der Waals surface area contributed by atoms with Gasteiger partial charge in [-0.25, -0.2) is 0 Å². The largest absolute Gasteiger partial charge is 0.493 e. The SMILES string of the molecule is COc1cc(/C=C2\C(=O)N(C)C(=N)N2C)cc(OC)c1OC.Cl. The van der Waals surface area contributed by atoms with Crippen LogP contribution in [0.4, 0.5) is 0 Å². The number of likely N-dealkylation sites (N-methyl/N-ethyl adjacent to an activating group) is 2. The smallest absolute Gasteiger partial charge is 0.277 e. The molecule has 0 radical (unpaired) electrons. The molecule has 1 aromatic carbocycles. The first-order chi connectivity index (χ1) is 10.4. The minimum Gasteiger partial charge on any atom is -0.493 e. The zero-order chi connectivity index (χ0) is 16.4. The monoisotopic (exact) mass is 341 g/mol. The molecule has 0 aromatic heterocycles. The molecule has 1 aliphatic heterocycles. The van der Waals surface area contributed by atoms with Crippen molar-refractivity contribution in [3.05, 3.63) is 23.4 Å². The van der Waals surface area contributed by atoms with Crippen molar-refractivity contribution in [3.8, 4) is 17.2 Å². The lowest BCUT2D eigenvalue weighted by molar-refractivity contribution is -0.121. The molecule has 1 aliphatic rings. The number of hydrogen-bond donors (Lipinski definition) is 1. The van der Waals surface area contributed by atoms with Crippen LogP contribution >= 0.6 is 12.4 Å². The maximum Gasteiger partial charge on any atom is 0.277 e. The van der Waals surface area contributed by atoms with Crippen molar-refractivity contribution < 1.29 is 19.0 Å². The van der Waals surface area contributed by atoms with Crippen LogP contribution in [-0.2, 0) is 4.79 Å². The van der Waals surface area contributed by atoms with Crippen LogP contribution in [0.3, 0.4) is 0 Å². The van der Waals surface area contributed by atoms with Gasteiger partial charge >= 0.3 is 0 Å². The van der Waals surface area contributed by atoms with Crippen LogP contribution in [-0.4, -0.2) is 57.1 Å². The highest BCUT2D eigenvalue weighted by Gasteiger charge is 2.33. The van der Waals surface area contributed by atoms with Crippen LogP contribution in [0.5, 0.6) is 17.2 Å². The highest BCUT2D eigenvalue weighted by atomic mass is 35.5. The van der Waals surface area contributed by atoms with E-state index in [1.165, 1.54) is 31.1 Å².